The summed E-state index contributed by atoms with van der Waals surface area (Å²) in [5.41, 5.74) is 1.28. The van der Waals surface area contributed by atoms with Crippen LogP contribution in [0.3, 0.4) is 0 Å². The van der Waals surface area contributed by atoms with Crippen LogP contribution in [0.1, 0.15) is 120 Å². The Kier molecular flexibility index (Phi) is 21.5. The number of hydrogen-bond donors (Lipinski definition) is 13. The summed E-state index contributed by atoms with van der Waals surface area (Å²) < 4.78 is 102. The number of carbonyl (C=O) groups excluding carboxylic acids is 1. The highest BCUT2D eigenvalue weighted by molar-refractivity contribution is 7.80. The zero-order valence-corrected chi connectivity index (χ0v) is 51.0. The number of rotatable bonds is 18. The normalized spacial score (nSPS) is 51.1. The molecule has 9 aliphatic rings. The fraction of sp³-hybridized carbons (Fsp3) is 0.914. The van der Waals surface area contributed by atoms with Gasteiger partial charge in [-0.15, -0.1) is 0 Å². The van der Waals surface area contributed by atoms with Gasteiger partial charge >= 0.3 is 10.4 Å². The van der Waals surface area contributed by atoms with Crippen molar-refractivity contribution in [2.45, 2.75) is 286 Å². The van der Waals surface area contributed by atoms with Crippen molar-refractivity contribution in [3.05, 3.63) is 23.3 Å². The second kappa shape index (κ2) is 27.0. The van der Waals surface area contributed by atoms with E-state index in [4.69, 9.17) is 51.6 Å². The molecule has 5 saturated heterocycles. The van der Waals surface area contributed by atoms with Gasteiger partial charge in [0.2, 0.25) is 0 Å². The molecule has 5 aliphatic heterocycles. The Morgan fingerprint density at radius 1 is 0.628 bits per heavy atom. The van der Waals surface area contributed by atoms with Gasteiger partial charge in [-0.3, -0.25) is 9.35 Å². The Labute approximate surface area is 501 Å². The number of allylic oxidation sites excluding steroid dienone is 4. The fourth-order valence-corrected chi connectivity index (χ4v) is 16.6. The van der Waals surface area contributed by atoms with Gasteiger partial charge in [0, 0.05) is 6.42 Å². The quantitative estimate of drug-likeness (QED) is 0.0440. The van der Waals surface area contributed by atoms with Crippen molar-refractivity contribution in [3.8, 4) is 0 Å². The van der Waals surface area contributed by atoms with Crippen molar-refractivity contribution in [1.29, 1.82) is 0 Å². The smallest absolute Gasteiger partial charge is 0.394 e. The van der Waals surface area contributed by atoms with E-state index < -0.39 is 194 Å². The topological polar surface area (TPSA) is 416 Å². The Hall–Kier alpha value is -1.86. The van der Waals surface area contributed by atoms with Crippen LogP contribution in [0.25, 0.3) is 0 Å². The molecular formula is C58H94O27S. The number of aliphatic hydroxyl groups is 12. The molecule has 0 bridgehead atoms. The van der Waals surface area contributed by atoms with Crippen molar-refractivity contribution in [3.63, 3.8) is 0 Å². The number of hydrogen-bond acceptors (Lipinski definition) is 26. The molecule has 3 saturated carbocycles. The van der Waals surface area contributed by atoms with Crippen molar-refractivity contribution in [1.82, 2.24) is 0 Å². The molecule has 86 heavy (non-hydrogen) atoms. The van der Waals surface area contributed by atoms with E-state index in [0.717, 1.165) is 24.8 Å². The third kappa shape index (κ3) is 13.5. The molecule has 5 heterocycles. The van der Waals surface area contributed by atoms with Crippen molar-refractivity contribution in [2.24, 2.45) is 40.4 Å². The largest absolute Gasteiger partial charge is 0.397 e. The maximum absolute atomic E-state index is 13.1. The van der Waals surface area contributed by atoms with Gasteiger partial charge in [-0.2, -0.15) is 8.42 Å². The van der Waals surface area contributed by atoms with Crippen LogP contribution in [0, 0.1) is 40.4 Å². The van der Waals surface area contributed by atoms with E-state index in [-0.39, 0.29) is 54.1 Å². The predicted molar refractivity (Wildman–Crippen MR) is 293 cm³/mol. The highest BCUT2D eigenvalue weighted by atomic mass is 32.3. The van der Waals surface area contributed by atoms with E-state index in [2.05, 4.69) is 26.8 Å². The maximum Gasteiger partial charge on any atom is 0.397 e. The molecule has 494 valence electrons. The molecule has 0 aromatic heterocycles. The number of ketones is 1. The summed E-state index contributed by atoms with van der Waals surface area (Å²) in [4.78, 5) is 13.1. The molecular weight excluding hydrogens is 1160 g/mol. The van der Waals surface area contributed by atoms with Gasteiger partial charge in [-0.25, -0.2) is 4.18 Å². The minimum absolute atomic E-state index is 0.0731. The maximum atomic E-state index is 13.1. The molecule has 0 amide bonds. The second-order valence-corrected chi connectivity index (χ2v) is 27.6. The zero-order chi connectivity index (χ0) is 63.0. The molecule has 34 atom stereocenters. The van der Waals surface area contributed by atoms with E-state index in [9.17, 15) is 79.0 Å². The minimum Gasteiger partial charge on any atom is -0.394 e. The van der Waals surface area contributed by atoms with Gasteiger partial charge in [0.05, 0.1) is 43.2 Å². The zero-order valence-electron chi connectivity index (χ0n) is 50.1. The third-order valence-corrected chi connectivity index (χ3v) is 21.2. The summed E-state index contributed by atoms with van der Waals surface area (Å²) in [5, 5.41) is 135. The van der Waals surface area contributed by atoms with Gasteiger partial charge in [-0.1, -0.05) is 44.9 Å². The molecule has 0 spiro atoms. The number of carbonyl (C=O) groups is 1. The summed E-state index contributed by atoms with van der Waals surface area (Å²) in [6.45, 7) is 15.3. The van der Waals surface area contributed by atoms with Crippen LogP contribution >= 0.6 is 0 Å². The highest BCUT2D eigenvalue weighted by Gasteiger charge is 2.63. The van der Waals surface area contributed by atoms with Crippen LogP contribution in [0.4, 0.5) is 0 Å². The lowest BCUT2D eigenvalue weighted by Gasteiger charge is -2.59. The Balaban J connectivity index is 1.00. The van der Waals surface area contributed by atoms with E-state index >= 15 is 0 Å². The van der Waals surface area contributed by atoms with Crippen LogP contribution < -0.4 is 0 Å². The van der Waals surface area contributed by atoms with Crippen LogP contribution in [0.5, 0.6) is 0 Å². The number of ether oxygens (including phenoxy) is 10. The molecule has 0 radical (unpaired) electrons. The third-order valence-electron chi connectivity index (χ3n) is 20.7. The first-order valence-corrected chi connectivity index (χ1v) is 31.9. The molecule has 0 aromatic carbocycles. The first-order valence-electron chi connectivity index (χ1n) is 30.5. The van der Waals surface area contributed by atoms with Crippen molar-refractivity contribution < 1.29 is 131 Å². The summed E-state index contributed by atoms with van der Waals surface area (Å²) in [6, 6.07) is 0. The summed E-state index contributed by atoms with van der Waals surface area (Å²) in [7, 11) is -4.88. The van der Waals surface area contributed by atoms with Crippen molar-refractivity contribution in [2.75, 3.05) is 6.61 Å². The lowest BCUT2D eigenvalue weighted by Crippen LogP contribution is -2.68. The standard InChI is InChI=1S/C58H94O27S/c1-10-34-39(63)43(67)50(83-52-44(68)41(65)37(61)24(5)75-52)56(78-34)81-48-26(7)77-55(51(46(48)70)84-53-45(69)42(66)38(62)25(6)76-53)82-49-40(64)36(21-59)80-54(47(49)71)79-35-20-29-31-12-11-30(23(4)18-27(60)17-22(2)3)57(31,8)16-14-32(29)58(9)15-13-28(19-33(35)58)85-86(72,73)74/h14,17,23-26,28-31,33-56,59,61-71H,10-13,15-16,18-21H2,1-9H3,(H,72,73,74)/t23-,24-,25-,26-,28+,29+,30-,31+,33-,34-,35+,36-,37+,38-,39+,40+,41+,42+,43+,44-,45-,46+,47-,48-,49+,50-,51-,52+,53+,54-,55+,56+,57-,58-/m1/s1. The molecule has 9 rings (SSSR count). The molecule has 4 aliphatic carbocycles. The van der Waals surface area contributed by atoms with Crippen molar-refractivity contribution >= 4 is 16.2 Å². The van der Waals surface area contributed by atoms with Gasteiger partial charge in [-0.05, 0) is 132 Å². The Morgan fingerprint density at radius 3 is 1.76 bits per heavy atom. The minimum atomic E-state index is -4.88. The highest BCUT2D eigenvalue weighted by Crippen LogP contribution is 2.67. The van der Waals surface area contributed by atoms with E-state index in [1.165, 1.54) is 26.3 Å². The van der Waals surface area contributed by atoms with Gasteiger partial charge in [0.25, 0.3) is 0 Å². The molecule has 8 fully saturated rings. The first-order chi connectivity index (χ1) is 40.3. The van der Waals surface area contributed by atoms with E-state index in [1.54, 1.807) is 13.0 Å². The van der Waals surface area contributed by atoms with E-state index in [1.807, 2.05) is 13.8 Å². The van der Waals surface area contributed by atoms with Crippen LogP contribution in [-0.2, 0) is 66.7 Å². The van der Waals surface area contributed by atoms with Crippen LogP contribution in [0.2, 0.25) is 0 Å². The van der Waals surface area contributed by atoms with Crippen LogP contribution in [-0.4, -0.2) is 252 Å². The van der Waals surface area contributed by atoms with Gasteiger partial charge < -0.3 is 109 Å². The Bertz CT molecular complexity index is 2490. The fourth-order valence-electron chi connectivity index (χ4n) is 16.0. The molecule has 13 N–H and O–H groups in total. The molecule has 27 nitrogen and oxygen atoms in total. The van der Waals surface area contributed by atoms with Gasteiger partial charge in [0.15, 0.2) is 37.2 Å². The Morgan fingerprint density at radius 2 is 1.17 bits per heavy atom. The summed E-state index contributed by atoms with van der Waals surface area (Å²) in [5.74, 6) is -0.102. The number of aliphatic hydroxyl groups excluding tert-OH is 12. The second-order valence-electron chi connectivity index (χ2n) is 26.6. The predicted octanol–water partition coefficient (Wildman–Crippen LogP) is -1.09. The lowest BCUT2D eigenvalue weighted by molar-refractivity contribution is -0.407. The molecule has 0 aromatic rings. The van der Waals surface area contributed by atoms with Crippen LogP contribution in [0.15, 0.2) is 23.3 Å². The number of fused-ring (bicyclic) bond motifs is 5. The average molecular weight is 1260 g/mol. The summed E-state index contributed by atoms with van der Waals surface area (Å²) >= 11 is 0. The average Bonchev–Trinajstić information content (AvgIpc) is 1.28. The molecule has 0 unspecified atom stereocenters. The lowest BCUT2D eigenvalue weighted by atomic mass is 9.47. The van der Waals surface area contributed by atoms with E-state index in [0.29, 0.717) is 19.3 Å². The summed E-state index contributed by atoms with van der Waals surface area (Å²) in [6.07, 6.45) is -35.6. The SMILES string of the molecule is CC[C@H]1O[C@@H](O[C@H]2[C@H](O)[C@@H](O[C@@H]3O[C@H](C)[C@@H](O)[C@H](O)[C@H]3O)[C@H](O[C@H]3[C@@H](O)[C@@H](CO)O[C@@H](O[C@H]4C[C@@H]5C(=CC[C@]6(C)[C@@H]([C@H](C)CC(=O)C=C(C)C)CC[C@@H]56)[C@@]5(C)CC[C@H](OS(=O)(=O)O)C[C@H]45)[C@@H]3O)O[C@@H]2C)[C@H](O[C@@H]2O[C@H](C)[C@H](O)[C@H](O)[C@H]2O)[C@@H](O)[C@H]1O. The molecule has 28 heteroatoms. The monoisotopic (exact) mass is 1250 g/mol. The first kappa shape index (κ1) is 68.5. The van der Waals surface area contributed by atoms with Gasteiger partial charge in [0.1, 0.15) is 97.7 Å².